The summed E-state index contributed by atoms with van der Waals surface area (Å²) in [7, 11) is -2.51. The molecule has 0 unspecified atom stereocenters. The number of hydrogen-bond donors (Lipinski definition) is 1. The zero-order chi connectivity index (χ0) is 18.1. The fourth-order valence-corrected chi connectivity index (χ4v) is 4.27. The molecule has 134 valence electrons. The standard InChI is InChI=1S/C15H19F3N2O3S/c1-10-3-4-12(9-13(10)15(16,17)18)24(22,23)20-7-5-11(6-8-20)14(21)19-2/h3-4,9,11H,5-8H2,1-2H3,(H,19,21). The Morgan fingerprint density at radius 3 is 2.33 bits per heavy atom. The highest BCUT2D eigenvalue weighted by Gasteiger charge is 2.36. The molecule has 0 saturated carbocycles. The number of hydrogen-bond acceptors (Lipinski definition) is 3. The molecule has 5 nitrogen and oxygen atoms in total. The Morgan fingerprint density at radius 1 is 1.25 bits per heavy atom. The number of aryl methyl sites for hydroxylation is 1. The summed E-state index contributed by atoms with van der Waals surface area (Å²) in [5.41, 5.74) is -0.983. The van der Waals surface area contributed by atoms with Crippen molar-refractivity contribution in [2.75, 3.05) is 20.1 Å². The fourth-order valence-electron chi connectivity index (χ4n) is 2.78. The van der Waals surface area contributed by atoms with Crippen LogP contribution >= 0.6 is 0 Å². The highest BCUT2D eigenvalue weighted by molar-refractivity contribution is 7.89. The van der Waals surface area contributed by atoms with E-state index in [1.54, 1.807) is 0 Å². The van der Waals surface area contributed by atoms with E-state index in [4.69, 9.17) is 0 Å². The van der Waals surface area contributed by atoms with Gasteiger partial charge < -0.3 is 5.32 Å². The topological polar surface area (TPSA) is 66.5 Å². The number of rotatable bonds is 3. The van der Waals surface area contributed by atoms with E-state index >= 15 is 0 Å². The molecule has 1 aliphatic rings. The van der Waals surface area contributed by atoms with Gasteiger partial charge in [-0.1, -0.05) is 6.07 Å². The number of amides is 1. The second kappa shape index (κ2) is 6.72. The predicted octanol–water partition coefficient (Wildman–Crippen LogP) is 2.16. The summed E-state index contributed by atoms with van der Waals surface area (Å²) in [5.74, 6) is -0.424. The van der Waals surface area contributed by atoms with Gasteiger partial charge in [0.15, 0.2) is 0 Å². The Morgan fingerprint density at radius 2 is 1.83 bits per heavy atom. The number of alkyl halides is 3. The maximum absolute atomic E-state index is 13.0. The van der Waals surface area contributed by atoms with Gasteiger partial charge in [-0.05, 0) is 37.5 Å². The molecule has 0 atom stereocenters. The third-order valence-corrected chi connectivity index (χ3v) is 6.12. The molecule has 1 aromatic carbocycles. The van der Waals surface area contributed by atoms with E-state index in [1.165, 1.54) is 20.0 Å². The number of nitrogens with one attached hydrogen (secondary N) is 1. The van der Waals surface area contributed by atoms with Crippen molar-refractivity contribution in [3.05, 3.63) is 29.3 Å². The lowest BCUT2D eigenvalue weighted by molar-refractivity contribution is -0.138. The molecule has 1 fully saturated rings. The van der Waals surface area contributed by atoms with Crippen LogP contribution in [0.5, 0.6) is 0 Å². The molecule has 1 heterocycles. The number of nitrogens with zero attached hydrogens (tertiary/aromatic N) is 1. The third-order valence-electron chi connectivity index (χ3n) is 4.22. The third kappa shape index (κ3) is 3.72. The van der Waals surface area contributed by atoms with Crippen molar-refractivity contribution in [1.82, 2.24) is 9.62 Å². The van der Waals surface area contributed by atoms with E-state index in [2.05, 4.69) is 5.32 Å². The highest BCUT2D eigenvalue weighted by Crippen LogP contribution is 2.34. The van der Waals surface area contributed by atoms with Crippen LogP contribution in [-0.4, -0.2) is 38.8 Å². The molecule has 0 aliphatic carbocycles. The van der Waals surface area contributed by atoms with Gasteiger partial charge in [-0.3, -0.25) is 4.79 Å². The van der Waals surface area contributed by atoms with Crippen LogP contribution in [0.2, 0.25) is 0 Å². The lowest BCUT2D eigenvalue weighted by Crippen LogP contribution is -2.42. The van der Waals surface area contributed by atoms with Crippen molar-refractivity contribution < 1.29 is 26.4 Å². The van der Waals surface area contributed by atoms with Crippen molar-refractivity contribution in [3.8, 4) is 0 Å². The second-order valence-corrected chi connectivity index (χ2v) is 7.71. The van der Waals surface area contributed by atoms with Crippen LogP contribution in [0.3, 0.4) is 0 Å². The van der Waals surface area contributed by atoms with Gasteiger partial charge >= 0.3 is 6.18 Å². The molecule has 1 aliphatic heterocycles. The Kier molecular flexibility index (Phi) is 5.24. The van der Waals surface area contributed by atoms with Crippen LogP contribution in [0.1, 0.15) is 24.0 Å². The smallest absolute Gasteiger partial charge is 0.359 e. The average Bonchev–Trinajstić information content (AvgIpc) is 2.53. The van der Waals surface area contributed by atoms with Gasteiger partial charge in [-0.25, -0.2) is 8.42 Å². The molecule has 1 amide bonds. The number of carbonyl (C=O) groups excluding carboxylic acids is 1. The summed E-state index contributed by atoms with van der Waals surface area (Å²) in [4.78, 5) is 11.2. The van der Waals surface area contributed by atoms with E-state index in [9.17, 15) is 26.4 Å². The van der Waals surface area contributed by atoms with Crippen molar-refractivity contribution in [1.29, 1.82) is 0 Å². The van der Waals surface area contributed by atoms with Crippen molar-refractivity contribution in [2.45, 2.75) is 30.8 Å². The number of sulfonamides is 1. The molecule has 2 rings (SSSR count). The maximum atomic E-state index is 13.0. The first kappa shape index (κ1) is 18.7. The molecular formula is C15H19F3N2O3S. The fraction of sp³-hybridized carbons (Fsp3) is 0.533. The van der Waals surface area contributed by atoms with Gasteiger partial charge in [-0.2, -0.15) is 17.5 Å². The number of carbonyl (C=O) groups is 1. The molecule has 9 heteroatoms. The molecule has 24 heavy (non-hydrogen) atoms. The molecule has 0 aromatic heterocycles. The first-order chi connectivity index (χ1) is 11.1. The second-order valence-electron chi connectivity index (χ2n) is 5.77. The van der Waals surface area contributed by atoms with Gasteiger partial charge in [0, 0.05) is 26.1 Å². The minimum Gasteiger partial charge on any atom is -0.359 e. The number of piperidine rings is 1. The average molecular weight is 364 g/mol. The zero-order valence-corrected chi connectivity index (χ0v) is 14.2. The van der Waals surface area contributed by atoms with Gasteiger partial charge in [0.2, 0.25) is 15.9 Å². The van der Waals surface area contributed by atoms with Crippen LogP contribution in [0.4, 0.5) is 13.2 Å². The highest BCUT2D eigenvalue weighted by atomic mass is 32.2. The molecule has 1 saturated heterocycles. The minimum absolute atomic E-state index is 0.0280. The zero-order valence-electron chi connectivity index (χ0n) is 13.4. The summed E-state index contributed by atoms with van der Waals surface area (Å²) in [6.07, 6.45) is -3.92. The summed E-state index contributed by atoms with van der Waals surface area (Å²) >= 11 is 0. The van der Waals surface area contributed by atoms with Crippen molar-refractivity contribution in [2.24, 2.45) is 5.92 Å². The van der Waals surface area contributed by atoms with E-state index < -0.39 is 21.8 Å². The normalized spacial score (nSPS) is 17.7. The predicted molar refractivity (Wildman–Crippen MR) is 81.7 cm³/mol. The lowest BCUT2D eigenvalue weighted by atomic mass is 9.97. The minimum atomic E-state index is -4.61. The lowest BCUT2D eigenvalue weighted by Gasteiger charge is -2.30. The summed E-state index contributed by atoms with van der Waals surface area (Å²) in [6.45, 7) is 1.50. The van der Waals surface area contributed by atoms with Crippen LogP contribution in [0, 0.1) is 12.8 Å². The summed E-state index contributed by atoms with van der Waals surface area (Å²) < 4.78 is 65.3. The molecule has 0 spiro atoms. The summed E-state index contributed by atoms with van der Waals surface area (Å²) in [6, 6.07) is 3.02. The number of benzene rings is 1. The van der Waals surface area contributed by atoms with Gasteiger partial charge in [0.25, 0.3) is 0 Å². The van der Waals surface area contributed by atoms with E-state index in [0.717, 1.165) is 10.4 Å². The van der Waals surface area contributed by atoms with E-state index in [-0.39, 0.29) is 35.4 Å². The largest absolute Gasteiger partial charge is 0.416 e. The van der Waals surface area contributed by atoms with Crippen LogP contribution in [0.15, 0.2) is 23.1 Å². The molecule has 1 aromatic rings. The first-order valence-electron chi connectivity index (χ1n) is 7.47. The van der Waals surface area contributed by atoms with Crippen LogP contribution in [-0.2, 0) is 21.0 Å². The van der Waals surface area contributed by atoms with Crippen molar-refractivity contribution >= 4 is 15.9 Å². The van der Waals surface area contributed by atoms with E-state index in [1.807, 2.05) is 0 Å². The first-order valence-corrected chi connectivity index (χ1v) is 8.91. The Balaban J connectivity index is 2.25. The van der Waals surface area contributed by atoms with Gasteiger partial charge in [0.05, 0.1) is 10.5 Å². The Hall–Kier alpha value is -1.61. The number of halogens is 3. The molecule has 1 N–H and O–H groups in total. The SMILES string of the molecule is CNC(=O)C1CCN(S(=O)(=O)c2ccc(C)c(C(F)(F)F)c2)CC1. The van der Waals surface area contributed by atoms with Crippen molar-refractivity contribution in [3.63, 3.8) is 0 Å². The molecule has 0 bridgehead atoms. The van der Waals surface area contributed by atoms with Crippen LogP contribution in [0.25, 0.3) is 0 Å². The van der Waals surface area contributed by atoms with Crippen LogP contribution < -0.4 is 5.32 Å². The molecular weight excluding hydrogens is 345 g/mol. The Labute approximate surface area is 138 Å². The summed E-state index contributed by atoms with van der Waals surface area (Å²) in [5, 5.41) is 2.52. The van der Waals surface area contributed by atoms with E-state index in [0.29, 0.717) is 18.9 Å². The quantitative estimate of drug-likeness (QED) is 0.894. The van der Waals surface area contributed by atoms with Gasteiger partial charge in [-0.15, -0.1) is 0 Å². The molecule has 0 radical (unpaired) electrons. The monoisotopic (exact) mass is 364 g/mol. The maximum Gasteiger partial charge on any atom is 0.416 e. The van der Waals surface area contributed by atoms with Gasteiger partial charge in [0.1, 0.15) is 0 Å². The Bertz CT molecular complexity index is 724.